The van der Waals surface area contributed by atoms with Gasteiger partial charge in [0, 0.05) is 18.7 Å². The lowest BCUT2D eigenvalue weighted by molar-refractivity contribution is -0.148. The molecule has 0 amide bonds. The van der Waals surface area contributed by atoms with Gasteiger partial charge >= 0.3 is 5.97 Å². The van der Waals surface area contributed by atoms with E-state index >= 15 is 0 Å². The minimum absolute atomic E-state index is 0.198. The maximum atomic E-state index is 12.1. The molecule has 0 spiro atoms. The van der Waals surface area contributed by atoms with Gasteiger partial charge in [-0.25, -0.2) is 0 Å². The Morgan fingerprint density at radius 1 is 1.43 bits per heavy atom. The van der Waals surface area contributed by atoms with E-state index in [0.29, 0.717) is 30.9 Å². The van der Waals surface area contributed by atoms with Crippen LogP contribution in [0.3, 0.4) is 0 Å². The lowest BCUT2D eigenvalue weighted by atomic mass is 9.97. The number of likely N-dealkylation sites (tertiary alicyclic amines) is 1. The van der Waals surface area contributed by atoms with Crippen molar-refractivity contribution < 1.29 is 17.9 Å². The summed E-state index contributed by atoms with van der Waals surface area (Å²) in [5.41, 5.74) is 0.568. The van der Waals surface area contributed by atoms with Crippen molar-refractivity contribution in [2.75, 3.05) is 19.7 Å². The fourth-order valence-corrected chi connectivity index (χ4v) is 4.13. The minimum atomic E-state index is -3.67. The monoisotopic (exact) mass is 333 g/mol. The third kappa shape index (κ3) is 2.92. The molecular formula is C15H15N3O4S. The molecule has 1 fully saturated rings. The zero-order chi connectivity index (χ0) is 16.4. The van der Waals surface area contributed by atoms with Crippen molar-refractivity contribution in [2.24, 2.45) is 10.3 Å². The Morgan fingerprint density at radius 2 is 2.22 bits per heavy atom. The van der Waals surface area contributed by atoms with Crippen LogP contribution in [0.5, 0.6) is 0 Å². The van der Waals surface area contributed by atoms with Gasteiger partial charge in [0.1, 0.15) is 11.0 Å². The molecule has 1 saturated heterocycles. The summed E-state index contributed by atoms with van der Waals surface area (Å²) in [6, 6.07) is 8.44. The van der Waals surface area contributed by atoms with Gasteiger partial charge in [0.2, 0.25) is 0 Å². The van der Waals surface area contributed by atoms with Crippen molar-refractivity contribution in [3.8, 4) is 6.07 Å². The Morgan fingerprint density at radius 3 is 3.00 bits per heavy atom. The van der Waals surface area contributed by atoms with Crippen LogP contribution in [0.25, 0.3) is 0 Å². The first-order chi connectivity index (χ1) is 11.0. The maximum Gasteiger partial charge on any atom is 0.311 e. The largest absolute Gasteiger partial charge is 0.450 e. The highest BCUT2D eigenvalue weighted by Crippen LogP contribution is 2.29. The molecule has 1 atom stereocenters. The van der Waals surface area contributed by atoms with E-state index in [0.717, 1.165) is 6.42 Å². The van der Waals surface area contributed by atoms with Crippen molar-refractivity contribution >= 4 is 21.8 Å². The Balaban J connectivity index is 1.83. The van der Waals surface area contributed by atoms with Crippen LogP contribution in [0.1, 0.15) is 18.4 Å². The van der Waals surface area contributed by atoms with E-state index in [4.69, 9.17) is 10.00 Å². The van der Waals surface area contributed by atoms with E-state index in [1.54, 1.807) is 24.3 Å². The SMILES string of the molecule is N#CCOC(=O)[C@@H]1CCCN(C2=NS(=O)(=O)c3ccccc32)C1. The van der Waals surface area contributed by atoms with E-state index in [-0.39, 0.29) is 17.4 Å². The van der Waals surface area contributed by atoms with Crippen LogP contribution in [-0.2, 0) is 19.6 Å². The second-order valence-corrected chi connectivity index (χ2v) is 7.01. The number of hydrogen-bond donors (Lipinski definition) is 0. The lowest BCUT2D eigenvalue weighted by Gasteiger charge is -2.32. The number of carbonyl (C=O) groups is 1. The number of esters is 1. The molecule has 23 heavy (non-hydrogen) atoms. The third-order valence-corrected chi connectivity index (χ3v) is 5.27. The number of piperidine rings is 1. The molecule has 2 aliphatic rings. The van der Waals surface area contributed by atoms with Gasteiger partial charge in [-0.15, -0.1) is 4.40 Å². The Hall–Kier alpha value is -2.40. The molecule has 7 nitrogen and oxygen atoms in total. The minimum Gasteiger partial charge on any atom is -0.450 e. The van der Waals surface area contributed by atoms with E-state index in [1.807, 2.05) is 4.90 Å². The van der Waals surface area contributed by atoms with E-state index in [1.165, 1.54) is 6.07 Å². The van der Waals surface area contributed by atoms with Crippen LogP contribution in [0.15, 0.2) is 33.6 Å². The van der Waals surface area contributed by atoms with Gasteiger partial charge in [-0.1, -0.05) is 12.1 Å². The fraction of sp³-hybridized carbons (Fsp3) is 0.400. The average molecular weight is 333 g/mol. The van der Waals surface area contributed by atoms with Crippen molar-refractivity contribution in [3.05, 3.63) is 29.8 Å². The van der Waals surface area contributed by atoms with Crippen LogP contribution >= 0.6 is 0 Å². The van der Waals surface area contributed by atoms with Gasteiger partial charge in [0.25, 0.3) is 10.0 Å². The zero-order valence-corrected chi connectivity index (χ0v) is 13.1. The summed E-state index contributed by atoms with van der Waals surface area (Å²) < 4.78 is 33.0. The summed E-state index contributed by atoms with van der Waals surface area (Å²) >= 11 is 0. The molecule has 0 N–H and O–H groups in total. The van der Waals surface area contributed by atoms with Gasteiger partial charge in [-0.2, -0.15) is 13.7 Å². The molecule has 3 rings (SSSR count). The predicted octanol–water partition coefficient (Wildman–Crippen LogP) is 0.914. The first kappa shape index (κ1) is 15.5. The summed E-state index contributed by atoms with van der Waals surface area (Å²) in [6.45, 7) is 0.700. The molecule has 8 heteroatoms. The molecule has 2 aliphatic heterocycles. The van der Waals surface area contributed by atoms with E-state index in [9.17, 15) is 13.2 Å². The normalized spacial score (nSPS) is 22.0. The number of rotatable bonds is 2. The Labute approximate surface area is 134 Å². The summed E-state index contributed by atoms with van der Waals surface area (Å²) in [5, 5.41) is 8.48. The highest BCUT2D eigenvalue weighted by Gasteiger charge is 2.35. The second kappa shape index (κ2) is 6.01. The first-order valence-electron chi connectivity index (χ1n) is 7.26. The quantitative estimate of drug-likeness (QED) is 0.746. The molecule has 1 aromatic carbocycles. The molecule has 0 radical (unpaired) electrons. The molecule has 0 aliphatic carbocycles. The summed E-state index contributed by atoms with van der Waals surface area (Å²) in [5.74, 6) is -0.417. The standard InChI is InChI=1S/C15H15N3O4S/c16-7-9-22-15(19)11-4-3-8-18(10-11)14-12-5-1-2-6-13(12)23(20,21)17-14/h1-2,5-6,11H,3-4,8-10H2/t11-/m1/s1. The topological polar surface area (TPSA) is 99.8 Å². The maximum absolute atomic E-state index is 12.1. The van der Waals surface area contributed by atoms with Gasteiger partial charge < -0.3 is 9.64 Å². The number of nitriles is 1. The van der Waals surface area contributed by atoms with E-state index < -0.39 is 16.0 Å². The highest BCUT2D eigenvalue weighted by molar-refractivity contribution is 7.90. The number of ether oxygens (including phenoxy) is 1. The number of fused-ring (bicyclic) bond motifs is 1. The van der Waals surface area contributed by atoms with Crippen LogP contribution in [-0.4, -0.2) is 44.8 Å². The third-order valence-electron chi connectivity index (χ3n) is 3.95. The molecule has 0 saturated carbocycles. The molecule has 0 unspecified atom stereocenters. The number of sulfonamides is 1. The van der Waals surface area contributed by atoms with Crippen LogP contribution in [0.2, 0.25) is 0 Å². The van der Waals surface area contributed by atoms with Crippen molar-refractivity contribution in [1.82, 2.24) is 4.90 Å². The second-order valence-electron chi connectivity index (χ2n) is 5.44. The van der Waals surface area contributed by atoms with Crippen molar-refractivity contribution in [3.63, 3.8) is 0 Å². The molecule has 1 aromatic rings. The van der Waals surface area contributed by atoms with Gasteiger partial charge in [-0.3, -0.25) is 4.79 Å². The van der Waals surface area contributed by atoms with Gasteiger partial charge in [0.05, 0.1) is 5.92 Å². The Kier molecular flexibility index (Phi) is 4.05. The first-order valence-corrected chi connectivity index (χ1v) is 8.70. The number of carbonyl (C=O) groups excluding carboxylic acids is 1. The highest BCUT2D eigenvalue weighted by atomic mass is 32.2. The van der Waals surface area contributed by atoms with Crippen molar-refractivity contribution in [1.29, 1.82) is 5.26 Å². The zero-order valence-electron chi connectivity index (χ0n) is 12.3. The summed E-state index contributed by atoms with van der Waals surface area (Å²) in [4.78, 5) is 13.9. The summed E-state index contributed by atoms with van der Waals surface area (Å²) in [6.07, 6.45) is 1.38. The summed E-state index contributed by atoms with van der Waals surface area (Å²) in [7, 11) is -3.67. The molecule has 2 heterocycles. The smallest absolute Gasteiger partial charge is 0.311 e. The van der Waals surface area contributed by atoms with E-state index in [2.05, 4.69) is 4.40 Å². The van der Waals surface area contributed by atoms with Crippen LogP contribution in [0, 0.1) is 17.2 Å². The van der Waals surface area contributed by atoms with Crippen LogP contribution in [0.4, 0.5) is 0 Å². The fourth-order valence-electron chi connectivity index (χ4n) is 2.90. The lowest BCUT2D eigenvalue weighted by Crippen LogP contribution is -2.42. The predicted molar refractivity (Wildman–Crippen MR) is 81.0 cm³/mol. The van der Waals surface area contributed by atoms with Crippen molar-refractivity contribution in [2.45, 2.75) is 17.7 Å². The van der Waals surface area contributed by atoms with Gasteiger partial charge in [-0.05, 0) is 25.0 Å². The Bertz CT molecular complexity index is 810. The van der Waals surface area contributed by atoms with Gasteiger partial charge in [0.15, 0.2) is 12.4 Å². The number of benzene rings is 1. The molecule has 120 valence electrons. The molecular weight excluding hydrogens is 318 g/mol. The average Bonchev–Trinajstić information content (AvgIpc) is 2.85. The molecule has 0 bridgehead atoms. The number of hydrogen-bond acceptors (Lipinski definition) is 6. The number of amidine groups is 1. The molecule has 0 aromatic heterocycles. The van der Waals surface area contributed by atoms with Crippen LogP contribution < -0.4 is 0 Å². The number of nitrogens with zero attached hydrogens (tertiary/aromatic N) is 3.